The van der Waals surface area contributed by atoms with Crippen LogP contribution in [0.1, 0.15) is 42.6 Å². The molecule has 2 aromatic rings. The molecule has 21 heavy (non-hydrogen) atoms. The lowest BCUT2D eigenvalue weighted by atomic mass is 10.2. The monoisotopic (exact) mass is 285 g/mol. The molecule has 0 aromatic carbocycles. The van der Waals surface area contributed by atoms with E-state index >= 15 is 0 Å². The van der Waals surface area contributed by atoms with E-state index < -0.39 is 0 Å². The number of hydrogen-bond acceptors (Lipinski definition) is 2. The van der Waals surface area contributed by atoms with Crippen LogP contribution in [-0.2, 0) is 11.2 Å². The van der Waals surface area contributed by atoms with Crippen LogP contribution >= 0.6 is 0 Å². The van der Waals surface area contributed by atoms with Crippen LogP contribution in [-0.4, -0.2) is 33.3 Å². The fraction of sp³-hybridized carbons (Fsp3) is 0.529. The van der Waals surface area contributed by atoms with Gasteiger partial charge in [-0.25, -0.2) is 4.98 Å². The molecule has 2 aromatic heterocycles. The Bertz CT molecular complexity index is 651. The number of nitrogens with zero attached hydrogens (tertiary/aromatic N) is 3. The van der Waals surface area contributed by atoms with Gasteiger partial charge in [0.15, 0.2) is 0 Å². The molecule has 0 radical (unpaired) electrons. The van der Waals surface area contributed by atoms with E-state index in [0.717, 1.165) is 48.5 Å². The Labute approximate surface area is 125 Å². The summed E-state index contributed by atoms with van der Waals surface area (Å²) in [5.41, 5.74) is 4.11. The third-order valence-corrected chi connectivity index (χ3v) is 4.42. The van der Waals surface area contributed by atoms with Crippen molar-refractivity contribution < 1.29 is 4.79 Å². The van der Waals surface area contributed by atoms with Gasteiger partial charge >= 0.3 is 0 Å². The van der Waals surface area contributed by atoms with Gasteiger partial charge in [0, 0.05) is 19.3 Å². The van der Waals surface area contributed by atoms with E-state index in [2.05, 4.69) is 22.4 Å². The van der Waals surface area contributed by atoms with E-state index in [1.807, 2.05) is 24.1 Å². The Kier molecular flexibility index (Phi) is 3.95. The molecule has 1 aliphatic heterocycles. The van der Waals surface area contributed by atoms with Gasteiger partial charge in [-0.2, -0.15) is 0 Å². The first-order chi connectivity index (χ1) is 10.2. The van der Waals surface area contributed by atoms with Crippen LogP contribution < -0.4 is 0 Å². The number of carbonyl (C=O) groups excluding carboxylic acids is 1. The minimum Gasteiger partial charge on any atom is -0.342 e. The standard InChI is InChI=1S/C17H23N3O/c1-13-8-7-11-20-15(14(2)18-17(13)20)12-16(21)19-9-5-3-4-6-10-19/h7-8,11H,3-6,9-10,12H2,1-2H3. The molecule has 3 heterocycles. The number of carbonyl (C=O) groups is 1. The van der Waals surface area contributed by atoms with E-state index in [1.54, 1.807) is 0 Å². The number of aryl methyl sites for hydroxylation is 2. The number of fused-ring (bicyclic) bond motifs is 1. The average molecular weight is 285 g/mol. The number of aromatic nitrogens is 2. The third-order valence-electron chi connectivity index (χ3n) is 4.42. The van der Waals surface area contributed by atoms with Crippen LogP contribution in [0.3, 0.4) is 0 Å². The van der Waals surface area contributed by atoms with E-state index in [-0.39, 0.29) is 5.91 Å². The molecule has 4 heteroatoms. The van der Waals surface area contributed by atoms with Crippen molar-refractivity contribution >= 4 is 11.6 Å². The summed E-state index contributed by atoms with van der Waals surface area (Å²) in [5.74, 6) is 0.239. The second-order valence-corrected chi connectivity index (χ2v) is 6.00. The Balaban J connectivity index is 1.85. The van der Waals surface area contributed by atoms with Crippen molar-refractivity contribution in [2.24, 2.45) is 0 Å². The highest BCUT2D eigenvalue weighted by molar-refractivity contribution is 5.79. The lowest BCUT2D eigenvalue weighted by Crippen LogP contribution is -2.33. The zero-order valence-electron chi connectivity index (χ0n) is 12.9. The molecule has 1 aliphatic rings. The fourth-order valence-corrected chi connectivity index (χ4v) is 3.15. The summed E-state index contributed by atoms with van der Waals surface area (Å²) in [7, 11) is 0. The van der Waals surface area contributed by atoms with Crippen LogP contribution in [0.2, 0.25) is 0 Å². The summed E-state index contributed by atoms with van der Waals surface area (Å²) in [6.07, 6.45) is 7.23. The highest BCUT2D eigenvalue weighted by Crippen LogP contribution is 2.17. The molecule has 112 valence electrons. The van der Waals surface area contributed by atoms with Crippen molar-refractivity contribution in [2.75, 3.05) is 13.1 Å². The third kappa shape index (κ3) is 2.80. The maximum absolute atomic E-state index is 12.6. The molecule has 0 aliphatic carbocycles. The number of imidazole rings is 1. The molecule has 1 saturated heterocycles. The maximum atomic E-state index is 12.6. The van der Waals surface area contributed by atoms with Crippen LogP contribution in [0, 0.1) is 13.8 Å². The smallest absolute Gasteiger partial charge is 0.228 e. The Morgan fingerprint density at radius 3 is 2.62 bits per heavy atom. The Hall–Kier alpha value is -1.84. The van der Waals surface area contributed by atoms with Crippen LogP contribution in [0.25, 0.3) is 5.65 Å². The maximum Gasteiger partial charge on any atom is 0.228 e. The van der Waals surface area contributed by atoms with Gasteiger partial charge in [-0.3, -0.25) is 4.79 Å². The number of amides is 1. The molecule has 0 unspecified atom stereocenters. The van der Waals surface area contributed by atoms with Crippen molar-refractivity contribution in [3.05, 3.63) is 35.3 Å². The molecular formula is C17H23N3O. The van der Waals surface area contributed by atoms with Crippen molar-refractivity contribution in [3.8, 4) is 0 Å². The van der Waals surface area contributed by atoms with Crippen LogP contribution in [0.15, 0.2) is 18.3 Å². The minimum absolute atomic E-state index is 0.239. The van der Waals surface area contributed by atoms with Crippen molar-refractivity contribution in [3.63, 3.8) is 0 Å². The molecule has 0 saturated carbocycles. The minimum atomic E-state index is 0.239. The Morgan fingerprint density at radius 1 is 1.19 bits per heavy atom. The lowest BCUT2D eigenvalue weighted by molar-refractivity contribution is -0.130. The van der Waals surface area contributed by atoms with Gasteiger partial charge in [-0.05, 0) is 38.3 Å². The van der Waals surface area contributed by atoms with E-state index in [1.165, 1.54) is 12.8 Å². The van der Waals surface area contributed by atoms with Crippen LogP contribution in [0.4, 0.5) is 0 Å². The molecule has 0 atom stereocenters. The van der Waals surface area contributed by atoms with Crippen molar-refractivity contribution in [1.29, 1.82) is 0 Å². The molecule has 3 rings (SSSR count). The van der Waals surface area contributed by atoms with Gasteiger partial charge in [0.05, 0.1) is 17.8 Å². The summed E-state index contributed by atoms with van der Waals surface area (Å²) in [6, 6.07) is 4.07. The van der Waals surface area contributed by atoms with Gasteiger partial charge in [-0.1, -0.05) is 18.9 Å². The number of pyridine rings is 1. The van der Waals surface area contributed by atoms with E-state index in [0.29, 0.717) is 6.42 Å². The predicted molar refractivity (Wildman–Crippen MR) is 83.4 cm³/mol. The summed E-state index contributed by atoms with van der Waals surface area (Å²) in [6.45, 7) is 5.88. The fourth-order valence-electron chi connectivity index (χ4n) is 3.15. The largest absolute Gasteiger partial charge is 0.342 e. The second kappa shape index (κ2) is 5.88. The molecule has 0 bridgehead atoms. The zero-order valence-corrected chi connectivity index (χ0v) is 12.9. The molecule has 1 amide bonds. The highest BCUT2D eigenvalue weighted by atomic mass is 16.2. The summed E-state index contributed by atoms with van der Waals surface area (Å²) in [5, 5.41) is 0. The normalized spacial score (nSPS) is 16.2. The molecular weight excluding hydrogens is 262 g/mol. The van der Waals surface area contributed by atoms with Crippen LogP contribution in [0.5, 0.6) is 0 Å². The number of rotatable bonds is 2. The van der Waals surface area contributed by atoms with Crippen molar-refractivity contribution in [2.45, 2.75) is 46.0 Å². The van der Waals surface area contributed by atoms with E-state index in [9.17, 15) is 4.79 Å². The molecule has 0 spiro atoms. The Morgan fingerprint density at radius 2 is 1.90 bits per heavy atom. The predicted octanol–water partition coefficient (Wildman–Crippen LogP) is 2.90. The first-order valence-electron chi connectivity index (χ1n) is 7.88. The second-order valence-electron chi connectivity index (χ2n) is 6.00. The average Bonchev–Trinajstić information content (AvgIpc) is 2.68. The summed E-state index contributed by atoms with van der Waals surface area (Å²) < 4.78 is 2.07. The van der Waals surface area contributed by atoms with Gasteiger partial charge < -0.3 is 9.30 Å². The quantitative estimate of drug-likeness (QED) is 0.851. The highest BCUT2D eigenvalue weighted by Gasteiger charge is 2.19. The van der Waals surface area contributed by atoms with Gasteiger partial charge in [0.1, 0.15) is 5.65 Å². The van der Waals surface area contributed by atoms with E-state index in [4.69, 9.17) is 0 Å². The lowest BCUT2D eigenvalue weighted by Gasteiger charge is -2.20. The number of hydrogen-bond donors (Lipinski definition) is 0. The zero-order chi connectivity index (χ0) is 14.8. The number of likely N-dealkylation sites (tertiary alicyclic amines) is 1. The van der Waals surface area contributed by atoms with Gasteiger partial charge in [0.2, 0.25) is 5.91 Å². The summed E-state index contributed by atoms with van der Waals surface area (Å²) >= 11 is 0. The SMILES string of the molecule is Cc1nc2c(C)cccn2c1CC(=O)N1CCCCCC1. The van der Waals surface area contributed by atoms with Crippen molar-refractivity contribution in [1.82, 2.24) is 14.3 Å². The molecule has 0 N–H and O–H groups in total. The molecule has 4 nitrogen and oxygen atoms in total. The topological polar surface area (TPSA) is 37.6 Å². The van der Waals surface area contributed by atoms with Gasteiger partial charge in [-0.15, -0.1) is 0 Å². The van der Waals surface area contributed by atoms with Gasteiger partial charge in [0.25, 0.3) is 0 Å². The molecule has 1 fully saturated rings. The summed E-state index contributed by atoms with van der Waals surface area (Å²) in [4.78, 5) is 19.2. The first kappa shape index (κ1) is 14.1. The first-order valence-corrected chi connectivity index (χ1v) is 7.88.